The SMILES string of the molecule is CC(=O)OCCC(SC(=O)c1ccccc1)=C(C)N(C=O)Cc1ccc(C)nc1N. The molecule has 0 radical (unpaired) electrons. The van der Waals surface area contributed by atoms with Crippen molar-refractivity contribution >= 4 is 35.1 Å². The molecule has 0 aliphatic carbocycles. The highest BCUT2D eigenvalue weighted by atomic mass is 32.2. The van der Waals surface area contributed by atoms with Crippen LogP contribution in [0, 0.1) is 6.92 Å². The number of aromatic nitrogens is 1. The number of thioether (sulfide) groups is 1. The molecule has 0 saturated heterocycles. The quantitative estimate of drug-likeness (QED) is 0.481. The number of ether oxygens (including phenoxy) is 1. The summed E-state index contributed by atoms with van der Waals surface area (Å²) in [5.74, 6) is -0.0544. The Labute approximate surface area is 180 Å². The van der Waals surface area contributed by atoms with Crippen molar-refractivity contribution in [3.05, 3.63) is 69.9 Å². The number of nitrogens with two attached hydrogens (primary N) is 1. The maximum Gasteiger partial charge on any atom is 0.302 e. The van der Waals surface area contributed by atoms with Crippen molar-refractivity contribution in [2.75, 3.05) is 12.3 Å². The van der Waals surface area contributed by atoms with E-state index in [2.05, 4.69) is 4.98 Å². The minimum absolute atomic E-state index is 0.109. The third-order valence-corrected chi connectivity index (χ3v) is 5.48. The van der Waals surface area contributed by atoms with Crippen molar-refractivity contribution in [3.63, 3.8) is 0 Å². The van der Waals surface area contributed by atoms with Gasteiger partial charge in [-0.2, -0.15) is 0 Å². The van der Waals surface area contributed by atoms with Gasteiger partial charge in [0.1, 0.15) is 5.82 Å². The normalized spacial score (nSPS) is 11.4. The van der Waals surface area contributed by atoms with Gasteiger partial charge >= 0.3 is 5.97 Å². The molecule has 0 bridgehead atoms. The van der Waals surface area contributed by atoms with Gasteiger partial charge in [-0.25, -0.2) is 4.98 Å². The molecule has 7 nitrogen and oxygen atoms in total. The number of allylic oxidation sites excluding steroid dienone is 1. The first-order valence-corrected chi connectivity index (χ1v) is 10.2. The lowest BCUT2D eigenvalue weighted by Gasteiger charge is -2.22. The van der Waals surface area contributed by atoms with Crippen molar-refractivity contribution in [2.45, 2.75) is 33.7 Å². The first-order chi connectivity index (χ1) is 14.3. The van der Waals surface area contributed by atoms with Gasteiger partial charge in [-0.15, -0.1) is 0 Å². The zero-order valence-electron chi connectivity index (χ0n) is 17.3. The van der Waals surface area contributed by atoms with Crippen LogP contribution in [0.15, 0.2) is 53.1 Å². The van der Waals surface area contributed by atoms with Crippen molar-refractivity contribution in [3.8, 4) is 0 Å². The third-order valence-electron chi connectivity index (χ3n) is 4.31. The first-order valence-electron chi connectivity index (χ1n) is 9.36. The molecule has 30 heavy (non-hydrogen) atoms. The van der Waals surface area contributed by atoms with Gasteiger partial charge in [-0.1, -0.05) is 36.4 Å². The van der Waals surface area contributed by atoms with E-state index in [1.54, 1.807) is 31.2 Å². The number of esters is 1. The number of carbonyl (C=O) groups is 3. The average Bonchev–Trinajstić information content (AvgIpc) is 2.72. The van der Waals surface area contributed by atoms with Gasteiger partial charge in [0.2, 0.25) is 11.5 Å². The summed E-state index contributed by atoms with van der Waals surface area (Å²) in [6, 6.07) is 12.5. The molecule has 2 aromatic rings. The second kappa shape index (κ2) is 11.2. The number of anilines is 1. The molecule has 0 unspecified atom stereocenters. The molecule has 0 aliphatic rings. The molecule has 0 spiro atoms. The van der Waals surface area contributed by atoms with E-state index >= 15 is 0 Å². The van der Waals surface area contributed by atoms with Crippen LogP contribution in [0.25, 0.3) is 0 Å². The molecule has 8 heteroatoms. The molecular formula is C22H25N3O4S. The Bertz CT molecular complexity index is 945. The molecule has 1 aromatic heterocycles. The largest absolute Gasteiger partial charge is 0.466 e. The van der Waals surface area contributed by atoms with Crippen LogP contribution in [0.1, 0.15) is 41.9 Å². The van der Waals surface area contributed by atoms with E-state index in [0.29, 0.717) is 40.4 Å². The van der Waals surface area contributed by atoms with E-state index in [1.165, 1.54) is 11.8 Å². The van der Waals surface area contributed by atoms with Gasteiger partial charge < -0.3 is 15.4 Å². The number of hydrogen-bond donors (Lipinski definition) is 1. The molecule has 2 rings (SSSR count). The van der Waals surface area contributed by atoms with Gasteiger partial charge in [0.25, 0.3) is 0 Å². The Balaban J connectivity index is 2.29. The summed E-state index contributed by atoms with van der Waals surface area (Å²) in [6.07, 6.45) is 0.995. The molecule has 0 atom stereocenters. The van der Waals surface area contributed by atoms with Crippen molar-refractivity contribution in [2.24, 2.45) is 0 Å². The minimum atomic E-state index is -0.405. The van der Waals surface area contributed by atoms with E-state index in [1.807, 2.05) is 25.1 Å². The molecular weight excluding hydrogens is 402 g/mol. The van der Waals surface area contributed by atoms with Crippen LogP contribution in [-0.2, 0) is 20.9 Å². The van der Waals surface area contributed by atoms with Crippen LogP contribution < -0.4 is 5.73 Å². The summed E-state index contributed by atoms with van der Waals surface area (Å²) in [5, 5.41) is -0.157. The second-order valence-electron chi connectivity index (χ2n) is 6.58. The molecule has 158 valence electrons. The van der Waals surface area contributed by atoms with Crippen LogP contribution in [-0.4, -0.2) is 34.0 Å². The zero-order valence-corrected chi connectivity index (χ0v) is 18.1. The molecule has 0 fully saturated rings. The lowest BCUT2D eigenvalue weighted by molar-refractivity contribution is -0.140. The maximum absolute atomic E-state index is 12.7. The smallest absolute Gasteiger partial charge is 0.302 e. The van der Waals surface area contributed by atoms with Crippen LogP contribution in [0.5, 0.6) is 0 Å². The Morgan fingerprint density at radius 3 is 2.47 bits per heavy atom. The monoisotopic (exact) mass is 427 g/mol. The summed E-state index contributed by atoms with van der Waals surface area (Å²) in [5.41, 5.74) is 8.60. The van der Waals surface area contributed by atoms with Crippen LogP contribution in [0.3, 0.4) is 0 Å². The predicted molar refractivity (Wildman–Crippen MR) is 117 cm³/mol. The highest BCUT2D eigenvalue weighted by molar-refractivity contribution is 8.17. The Kier molecular flexibility index (Phi) is 8.61. The summed E-state index contributed by atoms with van der Waals surface area (Å²) >= 11 is 1.02. The topological polar surface area (TPSA) is 103 Å². The third kappa shape index (κ3) is 6.73. The van der Waals surface area contributed by atoms with Crippen LogP contribution >= 0.6 is 11.8 Å². The molecule has 1 heterocycles. The summed E-state index contributed by atoms with van der Waals surface area (Å²) in [7, 11) is 0. The van der Waals surface area contributed by atoms with Gasteiger partial charge in [-0.3, -0.25) is 14.4 Å². The van der Waals surface area contributed by atoms with Gasteiger partial charge in [0.05, 0.1) is 13.2 Å². The highest BCUT2D eigenvalue weighted by Crippen LogP contribution is 2.29. The van der Waals surface area contributed by atoms with Crippen LogP contribution in [0.4, 0.5) is 5.82 Å². The van der Waals surface area contributed by atoms with Gasteiger partial charge in [-0.05, 0) is 31.7 Å². The Hall–Kier alpha value is -3.13. The van der Waals surface area contributed by atoms with Crippen LogP contribution in [0.2, 0.25) is 0 Å². The number of carbonyl (C=O) groups excluding carboxylic acids is 3. The highest BCUT2D eigenvalue weighted by Gasteiger charge is 2.17. The Morgan fingerprint density at radius 1 is 1.17 bits per heavy atom. The van der Waals surface area contributed by atoms with Crippen molar-refractivity contribution in [1.82, 2.24) is 9.88 Å². The number of aryl methyl sites for hydroxylation is 1. The molecule has 1 aromatic carbocycles. The number of amides is 1. The second-order valence-corrected chi connectivity index (χ2v) is 7.65. The first kappa shape index (κ1) is 23.2. The van der Waals surface area contributed by atoms with Crippen molar-refractivity contribution in [1.29, 1.82) is 0 Å². The average molecular weight is 428 g/mol. The zero-order chi connectivity index (χ0) is 22.1. The van der Waals surface area contributed by atoms with E-state index in [9.17, 15) is 14.4 Å². The number of nitrogens with zero attached hydrogens (tertiary/aromatic N) is 2. The minimum Gasteiger partial charge on any atom is -0.466 e. The lowest BCUT2D eigenvalue weighted by atomic mass is 10.2. The number of benzene rings is 1. The van der Waals surface area contributed by atoms with Gasteiger partial charge in [0.15, 0.2) is 0 Å². The fourth-order valence-corrected chi connectivity index (χ4v) is 3.58. The lowest BCUT2D eigenvalue weighted by Crippen LogP contribution is -2.22. The summed E-state index contributed by atoms with van der Waals surface area (Å²) < 4.78 is 5.04. The number of pyridine rings is 1. The Morgan fingerprint density at radius 2 is 1.87 bits per heavy atom. The number of rotatable bonds is 9. The van der Waals surface area contributed by atoms with E-state index in [0.717, 1.165) is 17.5 Å². The fourth-order valence-electron chi connectivity index (χ4n) is 2.66. The molecule has 1 amide bonds. The summed E-state index contributed by atoms with van der Waals surface area (Å²) in [6.45, 7) is 5.23. The molecule has 2 N–H and O–H groups in total. The van der Waals surface area contributed by atoms with E-state index in [4.69, 9.17) is 10.5 Å². The number of nitrogen functional groups attached to an aromatic ring is 1. The maximum atomic E-state index is 12.7. The van der Waals surface area contributed by atoms with Crippen molar-refractivity contribution < 1.29 is 19.1 Å². The number of hydrogen-bond acceptors (Lipinski definition) is 7. The van der Waals surface area contributed by atoms with E-state index < -0.39 is 5.97 Å². The fraction of sp³-hybridized carbons (Fsp3) is 0.273. The molecule has 0 aliphatic heterocycles. The standard InChI is InChI=1S/C22H25N3O4S/c1-15-9-10-19(21(23)24-15)13-25(14-26)16(2)20(11-12-29-17(3)27)30-22(28)18-7-5-4-6-8-18/h4-10,14H,11-13H2,1-3H3,(H2,23,24). The van der Waals surface area contributed by atoms with Gasteiger partial charge in [0, 0.05) is 40.8 Å². The predicted octanol–water partition coefficient (Wildman–Crippen LogP) is 3.69. The molecule has 0 saturated carbocycles. The van der Waals surface area contributed by atoms with E-state index in [-0.39, 0.29) is 18.3 Å². The summed E-state index contributed by atoms with van der Waals surface area (Å²) in [4.78, 5) is 42.0.